The highest BCUT2D eigenvalue weighted by atomic mass is 32.2. The Morgan fingerprint density at radius 1 is 1.41 bits per heavy atom. The van der Waals surface area contributed by atoms with E-state index in [0.29, 0.717) is 12.0 Å². The summed E-state index contributed by atoms with van der Waals surface area (Å²) in [6.07, 6.45) is 3.17. The molecule has 1 aromatic heterocycles. The van der Waals surface area contributed by atoms with Crippen molar-refractivity contribution in [3.8, 4) is 0 Å². The third kappa shape index (κ3) is 4.63. The zero-order valence-electron chi connectivity index (χ0n) is 11.2. The van der Waals surface area contributed by atoms with E-state index in [0.717, 1.165) is 31.1 Å². The van der Waals surface area contributed by atoms with Gasteiger partial charge in [0.25, 0.3) is 0 Å². The number of rotatable bonds is 8. The minimum atomic E-state index is 0.399. The van der Waals surface area contributed by atoms with Gasteiger partial charge < -0.3 is 5.32 Å². The second kappa shape index (κ2) is 7.66. The molecule has 1 heterocycles. The van der Waals surface area contributed by atoms with Crippen molar-refractivity contribution in [1.29, 1.82) is 0 Å². The number of nitrogens with zero attached hydrogens (tertiary/aromatic N) is 4. The van der Waals surface area contributed by atoms with Gasteiger partial charge in [0.1, 0.15) is 0 Å². The van der Waals surface area contributed by atoms with Crippen LogP contribution in [-0.2, 0) is 6.54 Å². The minimum absolute atomic E-state index is 0.399. The molecule has 0 saturated heterocycles. The Morgan fingerprint density at radius 2 is 2.18 bits per heavy atom. The van der Waals surface area contributed by atoms with Crippen LogP contribution >= 0.6 is 11.8 Å². The maximum atomic E-state index is 4.11. The van der Waals surface area contributed by atoms with Crippen LogP contribution in [0.15, 0.2) is 0 Å². The highest BCUT2D eigenvalue weighted by Gasteiger charge is 2.14. The molecule has 1 rings (SSSR count). The molecule has 1 aromatic rings. The lowest BCUT2D eigenvalue weighted by molar-refractivity contribution is 0.441. The van der Waals surface area contributed by atoms with Gasteiger partial charge in [0.2, 0.25) is 0 Å². The summed E-state index contributed by atoms with van der Waals surface area (Å²) in [4.78, 5) is 0. The third-order valence-corrected chi connectivity index (χ3v) is 3.29. The van der Waals surface area contributed by atoms with E-state index in [1.165, 1.54) is 0 Å². The molecule has 0 fully saturated rings. The highest BCUT2D eigenvalue weighted by Crippen LogP contribution is 2.16. The van der Waals surface area contributed by atoms with Gasteiger partial charge in [0.05, 0.1) is 12.6 Å². The van der Waals surface area contributed by atoms with E-state index in [-0.39, 0.29) is 0 Å². The van der Waals surface area contributed by atoms with E-state index in [1.807, 2.05) is 16.4 Å². The lowest BCUT2D eigenvalue weighted by atomic mass is 10.2. The van der Waals surface area contributed by atoms with Crippen molar-refractivity contribution >= 4 is 11.8 Å². The summed E-state index contributed by atoms with van der Waals surface area (Å²) < 4.78 is 1.96. The summed E-state index contributed by atoms with van der Waals surface area (Å²) in [5.41, 5.74) is 0. The van der Waals surface area contributed by atoms with E-state index in [1.54, 1.807) is 0 Å². The normalized spacial score (nSPS) is 13.2. The van der Waals surface area contributed by atoms with E-state index < -0.39 is 0 Å². The van der Waals surface area contributed by atoms with Crippen molar-refractivity contribution in [2.45, 2.75) is 39.8 Å². The number of hydrogen-bond donors (Lipinski definition) is 1. The predicted octanol–water partition coefficient (Wildman–Crippen LogP) is 1.73. The van der Waals surface area contributed by atoms with Crippen LogP contribution in [0.4, 0.5) is 0 Å². The van der Waals surface area contributed by atoms with Crippen LogP contribution in [0.3, 0.4) is 0 Å². The number of tetrazole rings is 1. The monoisotopic (exact) mass is 257 g/mol. The highest BCUT2D eigenvalue weighted by molar-refractivity contribution is 7.98. The van der Waals surface area contributed by atoms with Crippen molar-refractivity contribution in [2.75, 3.05) is 18.6 Å². The Kier molecular flexibility index (Phi) is 6.50. The Balaban J connectivity index is 2.57. The molecule has 98 valence electrons. The van der Waals surface area contributed by atoms with E-state index in [4.69, 9.17) is 0 Å². The van der Waals surface area contributed by atoms with Crippen LogP contribution in [-0.4, -0.2) is 38.8 Å². The van der Waals surface area contributed by atoms with Gasteiger partial charge >= 0.3 is 0 Å². The topological polar surface area (TPSA) is 55.6 Å². The quantitative estimate of drug-likeness (QED) is 0.768. The van der Waals surface area contributed by atoms with Crippen molar-refractivity contribution < 1.29 is 0 Å². The van der Waals surface area contributed by atoms with E-state index in [9.17, 15) is 0 Å². The Labute approximate surface area is 108 Å². The van der Waals surface area contributed by atoms with Gasteiger partial charge in [-0.25, -0.2) is 4.68 Å². The SMILES string of the molecule is CCC(CSC)n1nnnc1CNCC(C)C. The van der Waals surface area contributed by atoms with E-state index >= 15 is 0 Å². The summed E-state index contributed by atoms with van der Waals surface area (Å²) in [5.74, 6) is 2.64. The third-order valence-electron chi connectivity index (χ3n) is 2.57. The molecule has 0 radical (unpaired) electrons. The molecule has 6 heteroatoms. The second-order valence-electron chi connectivity index (χ2n) is 4.58. The molecule has 0 bridgehead atoms. The zero-order chi connectivity index (χ0) is 12.7. The molecule has 0 aliphatic heterocycles. The van der Waals surface area contributed by atoms with Crippen molar-refractivity contribution in [3.63, 3.8) is 0 Å². The molecule has 5 nitrogen and oxygen atoms in total. The summed E-state index contributed by atoms with van der Waals surface area (Å²) in [5, 5.41) is 15.4. The fraction of sp³-hybridized carbons (Fsp3) is 0.909. The summed E-state index contributed by atoms with van der Waals surface area (Å²) in [6, 6.07) is 0.399. The molecule has 0 amide bonds. The van der Waals surface area contributed by atoms with Crippen LogP contribution in [0.2, 0.25) is 0 Å². The first-order valence-electron chi connectivity index (χ1n) is 6.15. The number of hydrogen-bond acceptors (Lipinski definition) is 5. The van der Waals surface area contributed by atoms with Gasteiger partial charge in [-0.2, -0.15) is 11.8 Å². The van der Waals surface area contributed by atoms with Gasteiger partial charge in [-0.05, 0) is 35.6 Å². The predicted molar refractivity (Wildman–Crippen MR) is 72.1 cm³/mol. The number of aromatic nitrogens is 4. The van der Waals surface area contributed by atoms with Gasteiger partial charge in [0, 0.05) is 5.75 Å². The lowest BCUT2D eigenvalue weighted by Crippen LogP contribution is -2.24. The summed E-state index contributed by atoms with van der Waals surface area (Å²) in [7, 11) is 0. The molecular formula is C11H23N5S. The Hall–Kier alpha value is -0.620. The maximum absolute atomic E-state index is 4.11. The van der Waals surface area contributed by atoms with Crippen LogP contribution < -0.4 is 5.32 Å². The molecule has 0 spiro atoms. The summed E-state index contributed by atoms with van der Waals surface area (Å²) in [6.45, 7) is 8.30. The Bertz CT molecular complexity index is 313. The lowest BCUT2D eigenvalue weighted by Gasteiger charge is -2.15. The van der Waals surface area contributed by atoms with Crippen LogP contribution in [0, 0.1) is 5.92 Å². The molecule has 0 aliphatic rings. The zero-order valence-corrected chi connectivity index (χ0v) is 12.0. The van der Waals surface area contributed by atoms with Crippen LogP contribution in [0.5, 0.6) is 0 Å². The molecule has 1 atom stereocenters. The van der Waals surface area contributed by atoms with Crippen LogP contribution in [0.1, 0.15) is 39.1 Å². The molecule has 0 aromatic carbocycles. The Morgan fingerprint density at radius 3 is 2.76 bits per heavy atom. The fourth-order valence-electron chi connectivity index (χ4n) is 1.64. The molecule has 0 aliphatic carbocycles. The fourth-order valence-corrected chi connectivity index (χ4v) is 2.40. The molecule has 1 unspecified atom stereocenters. The van der Waals surface area contributed by atoms with Crippen LogP contribution in [0.25, 0.3) is 0 Å². The first-order valence-corrected chi connectivity index (χ1v) is 7.54. The average Bonchev–Trinajstić information content (AvgIpc) is 2.73. The average molecular weight is 257 g/mol. The van der Waals surface area contributed by atoms with Gasteiger partial charge in [0.15, 0.2) is 5.82 Å². The molecular weight excluding hydrogens is 234 g/mol. The first kappa shape index (κ1) is 14.4. The largest absolute Gasteiger partial charge is 0.310 e. The second-order valence-corrected chi connectivity index (χ2v) is 5.49. The van der Waals surface area contributed by atoms with E-state index in [2.05, 4.69) is 47.9 Å². The van der Waals surface area contributed by atoms with Gasteiger partial charge in [-0.1, -0.05) is 20.8 Å². The molecule has 1 N–H and O–H groups in total. The van der Waals surface area contributed by atoms with Crippen molar-refractivity contribution in [1.82, 2.24) is 25.5 Å². The first-order chi connectivity index (χ1) is 8.19. The minimum Gasteiger partial charge on any atom is -0.310 e. The van der Waals surface area contributed by atoms with Crippen molar-refractivity contribution in [2.24, 2.45) is 5.92 Å². The smallest absolute Gasteiger partial charge is 0.165 e. The molecule has 0 saturated carbocycles. The van der Waals surface area contributed by atoms with Gasteiger partial charge in [-0.3, -0.25) is 0 Å². The summed E-state index contributed by atoms with van der Waals surface area (Å²) >= 11 is 1.83. The number of nitrogens with one attached hydrogen (secondary N) is 1. The number of thioether (sulfide) groups is 1. The van der Waals surface area contributed by atoms with Crippen molar-refractivity contribution in [3.05, 3.63) is 5.82 Å². The standard InChI is InChI=1S/C11H23N5S/c1-5-10(8-17-4)16-11(13-14-15-16)7-12-6-9(2)3/h9-10,12H,5-8H2,1-4H3. The molecule has 17 heavy (non-hydrogen) atoms. The van der Waals surface area contributed by atoms with Gasteiger partial charge in [-0.15, -0.1) is 5.10 Å². The maximum Gasteiger partial charge on any atom is 0.165 e.